The highest BCUT2D eigenvalue weighted by molar-refractivity contribution is 5.34. The molecule has 0 aromatic carbocycles. The smallest absolute Gasteiger partial charge is 0.0322 e. The summed E-state index contributed by atoms with van der Waals surface area (Å²) in [6.45, 7) is 13.5. The summed E-state index contributed by atoms with van der Waals surface area (Å²) in [4.78, 5) is 2.32. The van der Waals surface area contributed by atoms with Crippen LogP contribution in [0.4, 0.5) is 0 Å². The van der Waals surface area contributed by atoms with Gasteiger partial charge < -0.3 is 4.90 Å². The molecule has 20 heavy (non-hydrogen) atoms. The summed E-state index contributed by atoms with van der Waals surface area (Å²) in [5.74, 6) is 3.18. The Bertz CT molecular complexity index is 404. The number of hydrogen-bond acceptors (Lipinski definition) is 1. The third-order valence-electron chi connectivity index (χ3n) is 5.74. The Morgan fingerprint density at radius 3 is 2.55 bits per heavy atom. The maximum atomic E-state index is 4.23. The van der Waals surface area contributed by atoms with Crippen LogP contribution in [0.25, 0.3) is 0 Å². The van der Waals surface area contributed by atoms with E-state index in [9.17, 15) is 0 Å². The second-order valence-corrected chi connectivity index (χ2v) is 6.96. The molecule has 2 aliphatic rings. The minimum Gasteiger partial charge on any atom is -0.375 e. The minimum absolute atomic E-state index is 1.03. The fraction of sp³-hybridized carbons (Fsp3) is 0.684. The Kier molecular flexibility index (Phi) is 5.12. The van der Waals surface area contributed by atoms with Gasteiger partial charge >= 0.3 is 0 Å². The van der Waals surface area contributed by atoms with E-state index in [-0.39, 0.29) is 0 Å². The van der Waals surface area contributed by atoms with Crippen LogP contribution in [-0.4, -0.2) is 18.5 Å². The van der Waals surface area contributed by atoms with Crippen molar-refractivity contribution in [2.75, 3.05) is 13.6 Å². The van der Waals surface area contributed by atoms with E-state index in [1.54, 1.807) is 0 Å². The Labute approximate surface area is 125 Å². The van der Waals surface area contributed by atoms with Gasteiger partial charge in [-0.2, -0.15) is 0 Å². The van der Waals surface area contributed by atoms with Crippen molar-refractivity contribution in [2.24, 2.45) is 17.8 Å². The SMILES string of the molecule is C=C/C(C)=C(/C)C(=C)N(C)CCCC1CC2CCC1C2. The van der Waals surface area contributed by atoms with Gasteiger partial charge in [0.1, 0.15) is 0 Å². The van der Waals surface area contributed by atoms with Gasteiger partial charge in [-0.1, -0.05) is 25.7 Å². The average molecular weight is 273 g/mol. The predicted octanol–water partition coefficient (Wildman–Crippen LogP) is 5.17. The molecule has 0 saturated heterocycles. The van der Waals surface area contributed by atoms with Crippen LogP contribution in [0.3, 0.4) is 0 Å². The zero-order chi connectivity index (χ0) is 14.7. The lowest BCUT2D eigenvalue weighted by Gasteiger charge is -2.26. The molecule has 1 nitrogen and oxygen atoms in total. The molecule has 0 N–H and O–H groups in total. The molecule has 3 unspecified atom stereocenters. The first-order valence-electron chi connectivity index (χ1n) is 8.23. The van der Waals surface area contributed by atoms with E-state index < -0.39 is 0 Å². The molecule has 0 aliphatic heterocycles. The first-order valence-corrected chi connectivity index (χ1v) is 8.23. The number of allylic oxidation sites excluding steroid dienone is 3. The summed E-state index contributed by atoms with van der Waals surface area (Å²) in [6, 6.07) is 0. The van der Waals surface area contributed by atoms with Crippen molar-refractivity contribution in [3.8, 4) is 0 Å². The molecule has 2 bridgehead atoms. The molecule has 2 rings (SSSR count). The zero-order valence-corrected chi connectivity index (χ0v) is 13.6. The molecule has 2 saturated carbocycles. The largest absolute Gasteiger partial charge is 0.375 e. The Morgan fingerprint density at radius 1 is 1.25 bits per heavy atom. The summed E-state index contributed by atoms with van der Waals surface area (Å²) in [5.41, 5.74) is 3.65. The van der Waals surface area contributed by atoms with Gasteiger partial charge in [0.2, 0.25) is 0 Å². The zero-order valence-electron chi connectivity index (χ0n) is 13.6. The van der Waals surface area contributed by atoms with Crippen LogP contribution in [0.5, 0.6) is 0 Å². The van der Waals surface area contributed by atoms with E-state index in [0.717, 1.165) is 30.0 Å². The van der Waals surface area contributed by atoms with Crippen LogP contribution in [0.2, 0.25) is 0 Å². The molecule has 2 aliphatic carbocycles. The number of likely N-dealkylation sites (N-methyl/N-ethyl adjacent to an activating group) is 1. The lowest BCUT2D eigenvalue weighted by molar-refractivity contribution is 0.291. The van der Waals surface area contributed by atoms with Gasteiger partial charge in [0.25, 0.3) is 0 Å². The normalized spacial score (nSPS) is 29.2. The number of nitrogens with zero attached hydrogens (tertiary/aromatic N) is 1. The maximum Gasteiger partial charge on any atom is 0.0322 e. The summed E-state index contributed by atoms with van der Waals surface area (Å²) >= 11 is 0. The van der Waals surface area contributed by atoms with Crippen LogP contribution in [0, 0.1) is 17.8 Å². The van der Waals surface area contributed by atoms with E-state index in [1.165, 1.54) is 49.7 Å². The number of hydrogen-bond donors (Lipinski definition) is 0. The fourth-order valence-corrected chi connectivity index (χ4v) is 4.12. The van der Waals surface area contributed by atoms with Crippen molar-refractivity contribution in [2.45, 2.75) is 52.4 Å². The van der Waals surface area contributed by atoms with Crippen molar-refractivity contribution >= 4 is 0 Å². The summed E-state index contributed by atoms with van der Waals surface area (Å²) in [5, 5.41) is 0. The quantitative estimate of drug-likeness (QED) is 0.578. The Balaban J connectivity index is 1.74. The topological polar surface area (TPSA) is 3.24 Å². The standard InChI is InChI=1S/C19H31N/c1-6-14(2)15(3)16(4)20(5)11-7-8-18-12-17-9-10-19(18)13-17/h6,17-19H,1,4,7-13H2,2-3,5H3/b15-14-. The van der Waals surface area contributed by atoms with Gasteiger partial charge in [0.05, 0.1) is 0 Å². The van der Waals surface area contributed by atoms with Gasteiger partial charge in [-0.25, -0.2) is 0 Å². The lowest BCUT2D eigenvalue weighted by Crippen LogP contribution is -2.21. The first kappa shape index (κ1) is 15.4. The average Bonchev–Trinajstić information content (AvgIpc) is 3.07. The highest BCUT2D eigenvalue weighted by Crippen LogP contribution is 2.49. The molecule has 3 atom stereocenters. The van der Waals surface area contributed by atoms with Crippen molar-refractivity contribution in [1.82, 2.24) is 4.90 Å². The third-order valence-corrected chi connectivity index (χ3v) is 5.74. The third kappa shape index (κ3) is 3.37. The molecule has 0 spiro atoms. The molecule has 112 valence electrons. The van der Waals surface area contributed by atoms with Gasteiger partial charge in [-0.15, -0.1) is 0 Å². The highest BCUT2D eigenvalue weighted by atomic mass is 15.1. The monoisotopic (exact) mass is 273 g/mol. The Hall–Kier alpha value is -0.980. The van der Waals surface area contributed by atoms with Crippen LogP contribution >= 0.6 is 0 Å². The van der Waals surface area contributed by atoms with E-state index in [4.69, 9.17) is 0 Å². The van der Waals surface area contributed by atoms with Crippen LogP contribution < -0.4 is 0 Å². The van der Waals surface area contributed by atoms with Crippen molar-refractivity contribution in [1.29, 1.82) is 0 Å². The van der Waals surface area contributed by atoms with E-state index >= 15 is 0 Å². The highest BCUT2D eigenvalue weighted by Gasteiger charge is 2.38. The summed E-state index contributed by atoms with van der Waals surface area (Å²) < 4.78 is 0. The minimum atomic E-state index is 1.03. The molecule has 1 heteroatoms. The van der Waals surface area contributed by atoms with Gasteiger partial charge in [0.15, 0.2) is 0 Å². The Morgan fingerprint density at radius 2 is 2.00 bits per heavy atom. The van der Waals surface area contributed by atoms with Crippen LogP contribution in [0.15, 0.2) is 36.1 Å². The van der Waals surface area contributed by atoms with Gasteiger partial charge in [0, 0.05) is 19.3 Å². The molecule has 0 heterocycles. The lowest BCUT2D eigenvalue weighted by atomic mass is 9.85. The van der Waals surface area contributed by atoms with Crippen LogP contribution in [-0.2, 0) is 0 Å². The summed E-state index contributed by atoms with van der Waals surface area (Å²) in [6.07, 6.45) is 10.7. The molecule has 0 aromatic heterocycles. The van der Waals surface area contributed by atoms with Gasteiger partial charge in [-0.3, -0.25) is 0 Å². The molecule has 0 aromatic rings. The molecule has 0 amide bonds. The van der Waals surface area contributed by atoms with Crippen molar-refractivity contribution in [3.63, 3.8) is 0 Å². The second kappa shape index (κ2) is 6.65. The first-order chi connectivity index (χ1) is 9.52. The fourth-order valence-electron chi connectivity index (χ4n) is 4.12. The molecular formula is C19H31N. The van der Waals surface area contributed by atoms with Gasteiger partial charge in [-0.05, 0) is 74.9 Å². The van der Waals surface area contributed by atoms with Crippen molar-refractivity contribution < 1.29 is 0 Å². The second-order valence-electron chi connectivity index (χ2n) is 6.96. The summed E-state index contributed by atoms with van der Waals surface area (Å²) in [7, 11) is 2.17. The number of fused-ring (bicyclic) bond motifs is 2. The van der Waals surface area contributed by atoms with E-state index in [2.05, 4.69) is 39.0 Å². The molecule has 0 radical (unpaired) electrons. The molecular weight excluding hydrogens is 242 g/mol. The molecule has 2 fully saturated rings. The van der Waals surface area contributed by atoms with Crippen LogP contribution in [0.1, 0.15) is 52.4 Å². The number of rotatable bonds is 7. The van der Waals surface area contributed by atoms with E-state index in [1.807, 2.05) is 6.08 Å². The predicted molar refractivity (Wildman–Crippen MR) is 88.5 cm³/mol. The maximum absolute atomic E-state index is 4.23. The van der Waals surface area contributed by atoms with Crippen molar-refractivity contribution in [3.05, 3.63) is 36.1 Å². The van der Waals surface area contributed by atoms with E-state index in [0.29, 0.717) is 0 Å².